The molecule has 0 fully saturated rings. The minimum Gasteiger partial charge on any atom is -0.451 e. The lowest BCUT2D eigenvalue weighted by atomic mass is 10.1. The predicted molar refractivity (Wildman–Crippen MR) is 99.4 cm³/mol. The number of rotatable bonds is 4. The maximum atomic E-state index is 12.5. The number of aryl methyl sites for hydroxylation is 3. The third-order valence-corrected chi connectivity index (χ3v) is 4.16. The van der Waals surface area contributed by atoms with Gasteiger partial charge in [0.25, 0.3) is 11.6 Å². The van der Waals surface area contributed by atoms with Gasteiger partial charge in [-0.1, -0.05) is 24.3 Å². The van der Waals surface area contributed by atoms with Crippen molar-refractivity contribution < 1.29 is 14.1 Å². The van der Waals surface area contributed by atoms with E-state index in [1.54, 1.807) is 25.1 Å². The van der Waals surface area contributed by atoms with Gasteiger partial charge in [0.15, 0.2) is 5.76 Å². The molecule has 26 heavy (non-hydrogen) atoms. The molecule has 3 aromatic rings. The van der Waals surface area contributed by atoms with E-state index in [9.17, 15) is 14.9 Å². The van der Waals surface area contributed by atoms with Crippen molar-refractivity contribution in [3.05, 3.63) is 81.1 Å². The van der Waals surface area contributed by atoms with Crippen molar-refractivity contribution in [2.24, 2.45) is 0 Å². The first kappa shape index (κ1) is 17.4. The van der Waals surface area contributed by atoms with Gasteiger partial charge in [-0.05, 0) is 55.7 Å². The molecule has 0 saturated carbocycles. The van der Waals surface area contributed by atoms with E-state index in [2.05, 4.69) is 5.32 Å². The molecule has 0 aliphatic heterocycles. The van der Waals surface area contributed by atoms with Gasteiger partial charge < -0.3 is 9.73 Å². The smallest absolute Gasteiger partial charge is 0.291 e. The molecule has 3 rings (SSSR count). The summed E-state index contributed by atoms with van der Waals surface area (Å²) < 4.78 is 5.60. The van der Waals surface area contributed by atoms with Crippen LogP contribution in [0.3, 0.4) is 0 Å². The van der Waals surface area contributed by atoms with Crippen LogP contribution in [0.1, 0.15) is 27.2 Å². The third kappa shape index (κ3) is 3.35. The molecular formula is C20H18N2O4. The van der Waals surface area contributed by atoms with Gasteiger partial charge in [-0.3, -0.25) is 14.9 Å². The van der Waals surface area contributed by atoms with Crippen LogP contribution in [0, 0.1) is 30.9 Å². The fraction of sp³-hybridized carbons (Fsp3) is 0.150. The summed E-state index contributed by atoms with van der Waals surface area (Å²) in [5.41, 5.74) is 3.68. The number of furan rings is 1. The predicted octanol–water partition coefficient (Wildman–Crippen LogP) is 5.03. The van der Waals surface area contributed by atoms with Crippen molar-refractivity contribution in [3.8, 4) is 11.3 Å². The lowest BCUT2D eigenvalue weighted by Crippen LogP contribution is -2.12. The molecule has 0 aliphatic carbocycles. The van der Waals surface area contributed by atoms with Gasteiger partial charge in [0.05, 0.1) is 10.5 Å². The van der Waals surface area contributed by atoms with Crippen LogP contribution in [-0.2, 0) is 0 Å². The Morgan fingerprint density at radius 2 is 1.73 bits per heavy atom. The Hall–Kier alpha value is -3.41. The highest BCUT2D eigenvalue weighted by Gasteiger charge is 2.20. The Kier molecular flexibility index (Phi) is 4.58. The van der Waals surface area contributed by atoms with Crippen molar-refractivity contribution in [1.82, 2.24) is 0 Å². The molecule has 0 spiro atoms. The van der Waals surface area contributed by atoms with Gasteiger partial charge in [0.2, 0.25) is 0 Å². The Morgan fingerprint density at radius 1 is 1.04 bits per heavy atom. The SMILES string of the molecule is Cc1ccc(-c2ccc(C(=O)Nc3c(C)cccc3C)o2)c([N+](=O)[O-])c1. The second-order valence-corrected chi connectivity index (χ2v) is 6.16. The number of carbonyl (C=O) groups is 1. The van der Waals surface area contributed by atoms with E-state index >= 15 is 0 Å². The molecule has 1 heterocycles. The minimum absolute atomic E-state index is 0.0546. The summed E-state index contributed by atoms with van der Waals surface area (Å²) in [6, 6.07) is 13.7. The van der Waals surface area contributed by atoms with Crippen LogP contribution in [0.2, 0.25) is 0 Å². The van der Waals surface area contributed by atoms with E-state index in [0.717, 1.165) is 22.4 Å². The van der Waals surface area contributed by atoms with E-state index in [-0.39, 0.29) is 17.2 Å². The first-order valence-corrected chi connectivity index (χ1v) is 8.09. The van der Waals surface area contributed by atoms with Crippen molar-refractivity contribution in [1.29, 1.82) is 0 Å². The molecule has 1 aromatic heterocycles. The van der Waals surface area contributed by atoms with Gasteiger partial charge in [0.1, 0.15) is 5.76 Å². The summed E-state index contributed by atoms with van der Waals surface area (Å²) in [6.07, 6.45) is 0. The summed E-state index contributed by atoms with van der Waals surface area (Å²) in [6.45, 7) is 5.60. The molecule has 132 valence electrons. The highest BCUT2D eigenvalue weighted by molar-refractivity contribution is 6.03. The number of amides is 1. The van der Waals surface area contributed by atoms with E-state index in [0.29, 0.717) is 5.56 Å². The molecule has 6 heteroatoms. The maximum Gasteiger partial charge on any atom is 0.291 e. The molecule has 2 aromatic carbocycles. The van der Waals surface area contributed by atoms with E-state index < -0.39 is 10.8 Å². The third-order valence-electron chi connectivity index (χ3n) is 4.16. The number of nitrogens with zero attached hydrogens (tertiary/aromatic N) is 1. The second-order valence-electron chi connectivity index (χ2n) is 6.16. The lowest BCUT2D eigenvalue weighted by Gasteiger charge is -2.10. The summed E-state index contributed by atoms with van der Waals surface area (Å²) in [5.74, 6) is -0.0238. The summed E-state index contributed by atoms with van der Waals surface area (Å²) in [5, 5.41) is 14.1. The van der Waals surface area contributed by atoms with Crippen molar-refractivity contribution in [2.75, 3.05) is 5.32 Å². The summed E-state index contributed by atoms with van der Waals surface area (Å²) in [7, 11) is 0. The van der Waals surface area contributed by atoms with Crippen molar-refractivity contribution in [3.63, 3.8) is 0 Å². The zero-order chi connectivity index (χ0) is 18.8. The van der Waals surface area contributed by atoms with Gasteiger partial charge >= 0.3 is 0 Å². The number of nitrogens with one attached hydrogen (secondary N) is 1. The summed E-state index contributed by atoms with van der Waals surface area (Å²) >= 11 is 0. The fourth-order valence-corrected chi connectivity index (χ4v) is 2.79. The average molecular weight is 350 g/mol. The van der Waals surface area contributed by atoms with Crippen LogP contribution in [0.4, 0.5) is 11.4 Å². The second kappa shape index (κ2) is 6.84. The molecule has 1 amide bonds. The number of benzene rings is 2. The zero-order valence-electron chi connectivity index (χ0n) is 14.7. The monoisotopic (exact) mass is 350 g/mol. The van der Waals surface area contributed by atoms with E-state index in [4.69, 9.17) is 4.42 Å². The Bertz CT molecular complexity index is 985. The summed E-state index contributed by atoms with van der Waals surface area (Å²) in [4.78, 5) is 23.3. The first-order chi connectivity index (χ1) is 12.4. The van der Waals surface area contributed by atoms with Crippen molar-refractivity contribution in [2.45, 2.75) is 20.8 Å². The Labute approximate surface area is 150 Å². The topological polar surface area (TPSA) is 85.4 Å². The quantitative estimate of drug-likeness (QED) is 0.528. The van der Waals surface area contributed by atoms with Crippen LogP contribution in [0.5, 0.6) is 0 Å². The van der Waals surface area contributed by atoms with E-state index in [1.807, 2.05) is 32.0 Å². The minimum atomic E-state index is -0.457. The Morgan fingerprint density at radius 3 is 2.38 bits per heavy atom. The van der Waals surface area contributed by atoms with Crippen LogP contribution in [-0.4, -0.2) is 10.8 Å². The van der Waals surface area contributed by atoms with Crippen LogP contribution >= 0.6 is 0 Å². The molecule has 0 saturated heterocycles. The van der Waals surface area contributed by atoms with Crippen LogP contribution in [0.25, 0.3) is 11.3 Å². The van der Waals surface area contributed by atoms with Crippen LogP contribution < -0.4 is 5.32 Å². The number of anilines is 1. The average Bonchev–Trinajstić information content (AvgIpc) is 3.08. The highest BCUT2D eigenvalue weighted by atomic mass is 16.6. The zero-order valence-corrected chi connectivity index (χ0v) is 14.7. The Balaban J connectivity index is 1.91. The molecule has 0 aliphatic rings. The largest absolute Gasteiger partial charge is 0.451 e. The number of hydrogen-bond donors (Lipinski definition) is 1. The molecule has 0 bridgehead atoms. The molecule has 6 nitrogen and oxygen atoms in total. The standard InChI is InChI=1S/C20H18N2O4/c1-12-7-8-15(16(11-12)22(24)25)17-9-10-18(26-17)20(23)21-19-13(2)5-4-6-14(19)3/h4-11H,1-3H3,(H,21,23). The number of para-hydroxylation sites is 1. The maximum absolute atomic E-state index is 12.5. The normalized spacial score (nSPS) is 10.6. The van der Waals surface area contributed by atoms with Gasteiger partial charge in [0, 0.05) is 11.8 Å². The van der Waals surface area contributed by atoms with Gasteiger partial charge in [-0.25, -0.2) is 0 Å². The molecule has 0 atom stereocenters. The number of carbonyl (C=O) groups excluding carboxylic acids is 1. The van der Waals surface area contributed by atoms with E-state index in [1.165, 1.54) is 12.1 Å². The molecule has 1 N–H and O–H groups in total. The molecule has 0 radical (unpaired) electrons. The molecular weight excluding hydrogens is 332 g/mol. The number of nitro groups is 1. The first-order valence-electron chi connectivity index (χ1n) is 8.09. The number of hydrogen-bond acceptors (Lipinski definition) is 4. The van der Waals surface area contributed by atoms with Crippen LogP contribution in [0.15, 0.2) is 52.9 Å². The number of nitro benzene ring substituents is 1. The fourth-order valence-electron chi connectivity index (χ4n) is 2.79. The lowest BCUT2D eigenvalue weighted by molar-refractivity contribution is -0.384. The van der Waals surface area contributed by atoms with Gasteiger partial charge in [-0.2, -0.15) is 0 Å². The molecule has 0 unspecified atom stereocenters. The van der Waals surface area contributed by atoms with Crippen molar-refractivity contribution >= 4 is 17.3 Å². The highest BCUT2D eigenvalue weighted by Crippen LogP contribution is 2.32. The van der Waals surface area contributed by atoms with Gasteiger partial charge in [-0.15, -0.1) is 0 Å².